The van der Waals surface area contributed by atoms with E-state index < -0.39 is 6.04 Å². The van der Waals surface area contributed by atoms with Crippen molar-refractivity contribution in [3.05, 3.63) is 65.7 Å². The molecule has 0 saturated heterocycles. The maximum atomic E-state index is 12.0. The molecule has 32 heavy (non-hydrogen) atoms. The Bertz CT molecular complexity index is 711. The number of nitrogens with one attached hydrogen (secondary N) is 2. The molecule has 0 aromatic heterocycles. The van der Waals surface area contributed by atoms with Crippen LogP contribution in [-0.2, 0) is 16.0 Å². The number of aryl methyl sites for hydroxylation is 2. The van der Waals surface area contributed by atoms with Gasteiger partial charge in [0.05, 0.1) is 12.6 Å². The van der Waals surface area contributed by atoms with Crippen molar-refractivity contribution in [2.24, 2.45) is 11.7 Å². The number of hydrogen-bond donors (Lipinski definition) is 3. The molecule has 0 fully saturated rings. The van der Waals surface area contributed by atoms with Gasteiger partial charge in [-0.15, -0.1) is 0 Å². The van der Waals surface area contributed by atoms with Crippen LogP contribution in [0.2, 0.25) is 0 Å². The fourth-order valence-corrected chi connectivity index (χ4v) is 2.23. The highest BCUT2D eigenvalue weighted by atomic mass is 16.2. The van der Waals surface area contributed by atoms with Gasteiger partial charge in [0.25, 0.3) is 0 Å². The lowest BCUT2D eigenvalue weighted by atomic mass is 10.0. The van der Waals surface area contributed by atoms with E-state index in [1.165, 1.54) is 5.56 Å². The standard InChI is InChI=1S/C19H23N3O2.C4H10.2C2H6/c1-14-7-9-15(10-8-14)11-12-17(20)19(24)21-13-18(23)22-16-5-3-2-4-6-16;1-4(2)3;2*1-2/h2-10,17H,11-13,20H2,1H3,(H,21,24)(H,22,23);4H,1-3H3;2*1-2H3/t17-;;;/m0.../s1. The summed E-state index contributed by atoms with van der Waals surface area (Å²) in [4.78, 5) is 23.7. The zero-order chi connectivity index (χ0) is 24.9. The maximum Gasteiger partial charge on any atom is 0.243 e. The SMILES string of the molecule is CC.CC.CC(C)C.Cc1ccc(CC[C@H](N)C(=O)NCC(=O)Nc2ccccc2)cc1. The molecule has 2 aromatic carbocycles. The number of hydrogen-bond acceptors (Lipinski definition) is 3. The van der Waals surface area contributed by atoms with Crippen LogP contribution in [0.5, 0.6) is 0 Å². The van der Waals surface area contributed by atoms with Crippen LogP contribution in [-0.4, -0.2) is 24.4 Å². The zero-order valence-corrected chi connectivity index (χ0v) is 21.4. The van der Waals surface area contributed by atoms with Gasteiger partial charge < -0.3 is 16.4 Å². The molecule has 2 amide bonds. The third kappa shape index (κ3) is 17.1. The number of para-hydroxylation sites is 1. The Labute approximate surface area is 196 Å². The summed E-state index contributed by atoms with van der Waals surface area (Å²) in [5.41, 5.74) is 8.93. The summed E-state index contributed by atoms with van der Waals surface area (Å²) >= 11 is 0. The van der Waals surface area contributed by atoms with E-state index in [4.69, 9.17) is 5.73 Å². The fourth-order valence-electron chi connectivity index (χ4n) is 2.23. The first-order valence-electron chi connectivity index (χ1n) is 11.7. The minimum atomic E-state index is -0.629. The van der Waals surface area contributed by atoms with E-state index >= 15 is 0 Å². The van der Waals surface area contributed by atoms with E-state index in [1.54, 1.807) is 12.1 Å². The van der Waals surface area contributed by atoms with Crippen LogP contribution in [0.4, 0.5) is 5.69 Å². The second-order valence-corrected chi connectivity index (χ2v) is 7.49. The lowest BCUT2D eigenvalue weighted by Crippen LogP contribution is -2.43. The summed E-state index contributed by atoms with van der Waals surface area (Å²) in [7, 11) is 0. The Hall–Kier alpha value is -2.66. The van der Waals surface area contributed by atoms with E-state index in [-0.39, 0.29) is 18.4 Å². The van der Waals surface area contributed by atoms with Gasteiger partial charge in [0, 0.05) is 5.69 Å². The monoisotopic (exact) mass is 443 g/mol. The van der Waals surface area contributed by atoms with Crippen LogP contribution in [0.25, 0.3) is 0 Å². The number of carbonyl (C=O) groups excluding carboxylic acids is 2. The first-order valence-corrected chi connectivity index (χ1v) is 11.7. The fraction of sp³-hybridized carbons (Fsp3) is 0.481. The van der Waals surface area contributed by atoms with Gasteiger partial charge in [-0.05, 0) is 43.4 Å². The molecule has 5 nitrogen and oxygen atoms in total. The Balaban J connectivity index is 0. The molecule has 0 aliphatic rings. The molecule has 0 unspecified atom stereocenters. The molecule has 0 saturated carbocycles. The third-order valence-electron chi connectivity index (χ3n) is 3.68. The Morgan fingerprint density at radius 2 is 1.38 bits per heavy atom. The average Bonchev–Trinajstić information content (AvgIpc) is 2.80. The van der Waals surface area contributed by atoms with E-state index in [9.17, 15) is 9.59 Å². The highest BCUT2D eigenvalue weighted by Gasteiger charge is 2.14. The summed E-state index contributed by atoms with van der Waals surface area (Å²) < 4.78 is 0. The summed E-state index contributed by atoms with van der Waals surface area (Å²) in [5, 5.41) is 5.28. The number of rotatable bonds is 7. The second-order valence-electron chi connectivity index (χ2n) is 7.49. The molecule has 0 radical (unpaired) electrons. The Kier molecular flexibility index (Phi) is 20.0. The lowest BCUT2D eigenvalue weighted by Gasteiger charge is -2.12. The predicted octanol–water partition coefficient (Wildman–Crippen LogP) is 5.72. The van der Waals surface area contributed by atoms with Crippen molar-refractivity contribution >= 4 is 17.5 Å². The molecular formula is C27H45N3O2. The molecule has 0 bridgehead atoms. The minimum Gasteiger partial charge on any atom is -0.346 e. The molecule has 0 aliphatic heterocycles. The molecule has 4 N–H and O–H groups in total. The van der Waals surface area contributed by atoms with Crippen molar-refractivity contribution in [2.75, 3.05) is 11.9 Å². The number of anilines is 1. The molecule has 0 spiro atoms. The Morgan fingerprint density at radius 3 is 1.88 bits per heavy atom. The summed E-state index contributed by atoms with van der Waals surface area (Å²) in [6, 6.07) is 16.6. The molecule has 0 heterocycles. The van der Waals surface area contributed by atoms with Gasteiger partial charge in [-0.3, -0.25) is 9.59 Å². The van der Waals surface area contributed by atoms with E-state index in [2.05, 4.69) is 31.4 Å². The normalized spacial score (nSPS) is 10.2. The number of carbonyl (C=O) groups is 2. The summed E-state index contributed by atoms with van der Waals surface area (Å²) in [5.74, 6) is 0.241. The van der Waals surface area contributed by atoms with Crippen molar-refractivity contribution in [1.29, 1.82) is 0 Å². The van der Waals surface area contributed by atoms with Crippen LogP contribution in [0.15, 0.2) is 54.6 Å². The lowest BCUT2D eigenvalue weighted by molar-refractivity contribution is -0.125. The number of benzene rings is 2. The van der Waals surface area contributed by atoms with Crippen molar-refractivity contribution in [3.8, 4) is 0 Å². The molecule has 0 aliphatic carbocycles. The van der Waals surface area contributed by atoms with E-state index in [0.717, 1.165) is 17.9 Å². The van der Waals surface area contributed by atoms with Crippen LogP contribution in [0, 0.1) is 12.8 Å². The summed E-state index contributed by atoms with van der Waals surface area (Å²) in [6.07, 6.45) is 1.26. The molecule has 2 rings (SSSR count). The average molecular weight is 444 g/mol. The molecule has 180 valence electrons. The van der Waals surface area contributed by atoms with Crippen molar-refractivity contribution in [1.82, 2.24) is 5.32 Å². The van der Waals surface area contributed by atoms with Crippen molar-refractivity contribution in [3.63, 3.8) is 0 Å². The third-order valence-corrected chi connectivity index (χ3v) is 3.68. The highest BCUT2D eigenvalue weighted by molar-refractivity contribution is 5.95. The summed E-state index contributed by atoms with van der Waals surface area (Å²) in [6.45, 7) is 16.4. The Morgan fingerprint density at radius 1 is 0.875 bits per heavy atom. The first kappa shape index (κ1) is 31.5. The first-order chi connectivity index (χ1) is 15.3. The smallest absolute Gasteiger partial charge is 0.243 e. The predicted molar refractivity (Wildman–Crippen MR) is 139 cm³/mol. The van der Waals surface area contributed by atoms with Crippen LogP contribution in [0.3, 0.4) is 0 Å². The van der Waals surface area contributed by atoms with Crippen LogP contribution < -0.4 is 16.4 Å². The molecule has 2 aromatic rings. The van der Waals surface area contributed by atoms with Crippen molar-refractivity contribution < 1.29 is 9.59 Å². The number of nitrogens with two attached hydrogens (primary N) is 1. The molecule has 5 heteroatoms. The van der Waals surface area contributed by atoms with Gasteiger partial charge in [-0.1, -0.05) is 96.5 Å². The largest absolute Gasteiger partial charge is 0.346 e. The van der Waals surface area contributed by atoms with Gasteiger partial charge in [0.2, 0.25) is 11.8 Å². The second kappa shape index (κ2) is 20.3. The van der Waals surface area contributed by atoms with Gasteiger partial charge in [-0.25, -0.2) is 0 Å². The van der Waals surface area contributed by atoms with Crippen LogP contribution in [0.1, 0.15) is 66.0 Å². The maximum absolute atomic E-state index is 12.0. The van der Waals surface area contributed by atoms with Gasteiger partial charge >= 0.3 is 0 Å². The van der Waals surface area contributed by atoms with Crippen molar-refractivity contribution in [2.45, 2.75) is 74.3 Å². The topological polar surface area (TPSA) is 84.2 Å². The quantitative estimate of drug-likeness (QED) is 0.511. The van der Waals surface area contributed by atoms with Crippen LogP contribution >= 0.6 is 0 Å². The minimum absolute atomic E-state index is 0.0913. The van der Waals surface area contributed by atoms with Gasteiger partial charge in [0.15, 0.2) is 0 Å². The molecule has 1 atom stereocenters. The van der Waals surface area contributed by atoms with Gasteiger partial charge in [-0.2, -0.15) is 0 Å². The highest BCUT2D eigenvalue weighted by Crippen LogP contribution is 2.07. The zero-order valence-electron chi connectivity index (χ0n) is 21.4. The molecular weight excluding hydrogens is 398 g/mol. The van der Waals surface area contributed by atoms with E-state index in [1.807, 2.05) is 77.1 Å². The van der Waals surface area contributed by atoms with E-state index in [0.29, 0.717) is 12.1 Å². The van der Waals surface area contributed by atoms with Gasteiger partial charge in [0.1, 0.15) is 0 Å². The number of amides is 2.